The van der Waals surface area contributed by atoms with Crippen molar-refractivity contribution in [2.75, 3.05) is 12.4 Å². The van der Waals surface area contributed by atoms with Gasteiger partial charge in [-0.25, -0.2) is 14.4 Å². The lowest BCUT2D eigenvalue weighted by atomic mass is 10.1. The molecule has 31 heavy (non-hydrogen) atoms. The first kappa shape index (κ1) is 20.5. The summed E-state index contributed by atoms with van der Waals surface area (Å²) >= 11 is 0. The number of methoxy groups -OCH3 is 1. The van der Waals surface area contributed by atoms with Gasteiger partial charge in [0, 0.05) is 6.20 Å². The van der Waals surface area contributed by atoms with Crippen LogP contribution in [0.15, 0.2) is 55.0 Å². The summed E-state index contributed by atoms with van der Waals surface area (Å²) in [5.41, 5.74) is 4.72. The number of hydrogen-bond donors (Lipinski definition) is 1. The summed E-state index contributed by atoms with van der Waals surface area (Å²) in [6.45, 7) is 5.82. The van der Waals surface area contributed by atoms with Gasteiger partial charge in [-0.1, -0.05) is 12.1 Å². The zero-order valence-corrected chi connectivity index (χ0v) is 17.8. The molecule has 0 amide bonds. The zero-order valence-electron chi connectivity index (χ0n) is 17.8. The third kappa shape index (κ3) is 4.37. The van der Waals surface area contributed by atoms with E-state index in [2.05, 4.69) is 25.5 Å². The molecule has 4 rings (SSSR count). The summed E-state index contributed by atoms with van der Waals surface area (Å²) < 4.78 is 20.9. The number of rotatable bonds is 6. The van der Waals surface area contributed by atoms with Gasteiger partial charge in [-0.05, 0) is 62.2 Å². The van der Waals surface area contributed by atoms with Crippen LogP contribution >= 0.6 is 0 Å². The summed E-state index contributed by atoms with van der Waals surface area (Å²) in [7, 11) is 1.58. The van der Waals surface area contributed by atoms with E-state index in [1.165, 1.54) is 12.1 Å². The number of nitrogens with one attached hydrogen (secondary N) is 1. The number of halogens is 1. The molecular formula is C23H23FN6O. The minimum absolute atomic E-state index is 0.120. The number of hydrogen-bond acceptors (Lipinski definition) is 6. The fourth-order valence-corrected chi connectivity index (χ4v) is 3.29. The molecule has 1 N–H and O–H groups in total. The van der Waals surface area contributed by atoms with Crippen LogP contribution in [-0.4, -0.2) is 31.8 Å². The van der Waals surface area contributed by atoms with Crippen LogP contribution in [0.5, 0.6) is 5.88 Å². The predicted octanol–water partition coefficient (Wildman–Crippen LogP) is 4.66. The molecule has 0 fully saturated rings. The molecule has 158 valence electrons. The molecular weight excluding hydrogens is 395 g/mol. The van der Waals surface area contributed by atoms with Gasteiger partial charge in [-0.15, -0.1) is 10.2 Å². The molecule has 1 aromatic carbocycles. The van der Waals surface area contributed by atoms with E-state index >= 15 is 0 Å². The Balaban J connectivity index is 1.59. The number of ether oxygens (including phenoxy) is 1. The lowest BCUT2D eigenvalue weighted by Gasteiger charge is -2.16. The molecule has 8 heteroatoms. The van der Waals surface area contributed by atoms with Gasteiger partial charge in [0.15, 0.2) is 5.82 Å². The normalized spacial score (nSPS) is 11.9. The van der Waals surface area contributed by atoms with Gasteiger partial charge in [0.1, 0.15) is 17.2 Å². The van der Waals surface area contributed by atoms with Crippen molar-refractivity contribution in [1.82, 2.24) is 24.7 Å². The number of anilines is 1. The van der Waals surface area contributed by atoms with Crippen molar-refractivity contribution in [3.63, 3.8) is 0 Å². The lowest BCUT2D eigenvalue weighted by molar-refractivity contribution is 0.396. The number of pyridine rings is 1. The molecule has 1 atom stereocenters. The van der Waals surface area contributed by atoms with E-state index in [4.69, 9.17) is 4.74 Å². The van der Waals surface area contributed by atoms with E-state index in [0.29, 0.717) is 23.1 Å². The number of aromatic nitrogens is 5. The quantitative estimate of drug-likeness (QED) is 0.491. The summed E-state index contributed by atoms with van der Waals surface area (Å²) in [6, 6.07) is 12.1. The van der Waals surface area contributed by atoms with E-state index < -0.39 is 0 Å². The number of benzene rings is 1. The molecule has 0 bridgehead atoms. The molecule has 0 aliphatic rings. The predicted molar refractivity (Wildman–Crippen MR) is 117 cm³/mol. The Bertz CT molecular complexity index is 1220. The van der Waals surface area contributed by atoms with Gasteiger partial charge < -0.3 is 14.6 Å². The molecule has 0 radical (unpaired) electrons. The van der Waals surface area contributed by atoms with Crippen molar-refractivity contribution in [2.45, 2.75) is 26.8 Å². The van der Waals surface area contributed by atoms with Crippen LogP contribution < -0.4 is 10.1 Å². The van der Waals surface area contributed by atoms with E-state index in [0.717, 1.165) is 22.5 Å². The van der Waals surface area contributed by atoms with Crippen LogP contribution in [0.4, 0.5) is 10.2 Å². The Labute approximate surface area is 180 Å². The third-order valence-electron chi connectivity index (χ3n) is 4.97. The fourth-order valence-electron chi connectivity index (χ4n) is 3.29. The molecule has 3 heterocycles. The van der Waals surface area contributed by atoms with Crippen LogP contribution in [0.2, 0.25) is 0 Å². The average Bonchev–Trinajstić information content (AvgIpc) is 3.20. The van der Waals surface area contributed by atoms with E-state index in [1.54, 1.807) is 19.5 Å². The van der Waals surface area contributed by atoms with Crippen molar-refractivity contribution in [3.8, 4) is 23.0 Å². The molecule has 4 aromatic rings. The minimum atomic E-state index is -0.265. The summed E-state index contributed by atoms with van der Waals surface area (Å²) in [6.07, 6.45) is 3.63. The smallest absolute Gasteiger partial charge is 0.238 e. The Morgan fingerprint density at radius 3 is 2.58 bits per heavy atom. The Morgan fingerprint density at radius 2 is 1.90 bits per heavy atom. The number of aryl methyl sites for hydroxylation is 2. The number of nitrogens with zero attached hydrogens (tertiary/aromatic N) is 5. The maximum atomic E-state index is 13.5. The zero-order chi connectivity index (χ0) is 22.0. The van der Waals surface area contributed by atoms with Crippen molar-refractivity contribution >= 4 is 5.82 Å². The Morgan fingerprint density at radius 1 is 1.06 bits per heavy atom. The van der Waals surface area contributed by atoms with Crippen molar-refractivity contribution < 1.29 is 9.13 Å². The molecule has 0 spiro atoms. The van der Waals surface area contributed by atoms with E-state index in [1.807, 2.05) is 55.8 Å². The minimum Gasteiger partial charge on any atom is -0.479 e. The van der Waals surface area contributed by atoms with Crippen molar-refractivity contribution in [3.05, 3.63) is 77.6 Å². The first-order valence-corrected chi connectivity index (χ1v) is 9.87. The van der Waals surface area contributed by atoms with Crippen LogP contribution in [0.1, 0.15) is 29.8 Å². The van der Waals surface area contributed by atoms with Gasteiger partial charge in [0.05, 0.1) is 30.9 Å². The first-order chi connectivity index (χ1) is 14.9. The largest absolute Gasteiger partial charge is 0.479 e. The number of imidazole rings is 1. The fraction of sp³-hybridized carbons (Fsp3) is 0.217. The Kier molecular flexibility index (Phi) is 5.62. The van der Waals surface area contributed by atoms with Gasteiger partial charge in [0.25, 0.3) is 0 Å². The van der Waals surface area contributed by atoms with Crippen LogP contribution in [0.3, 0.4) is 0 Å². The maximum absolute atomic E-state index is 13.5. The topological polar surface area (TPSA) is 77.8 Å². The monoisotopic (exact) mass is 418 g/mol. The summed E-state index contributed by atoms with van der Waals surface area (Å²) in [5.74, 6) is 0.841. The third-order valence-corrected chi connectivity index (χ3v) is 4.97. The summed E-state index contributed by atoms with van der Waals surface area (Å²) in [5, 5.41) is 12.0. The SMILES string of the molecule is COc1nc(-c2cc(C)c(NC(C)c3cccc(F)c3)nn2)ccc1-n1cnc(C)c1. The lowest BCUT2D eigenvalue weighted by Crippen LogP contribution is -2.10. The maximum Gasteiger partial charge on any atom is 0.238 e. The molecule has 0 aliphatic heterocycles. The molecule has 3 aromatic heterocycles. The van der Waals surface area contributed by atoms with Crippen molar-refractivity contribution in [2.24, 2.45) is 0 Å². The van der Waals surface area contributed by atoms with Crippen LogP contribution in [0, 0.1) is 19.7 Å². The van der Waals surface area contributed by atoms with Gasteiger partial charge >= 0.3 is 0 Å². The van der Waals surface area contributed by atoms with E-state index in [9.17, 15) is 4.39 Å². The van der Waals surface area contributed by atoms with Crippen molar-refractivity contribution in [1.29, 1.82) is 0 Å². The second-order valence-electron chi connectivity index (χ2n) is 7.33. The second-order valence-corrected chi connectivity index (χ2v) is 7.33. The van der Waals surface area contributed by atoms with Gasteiger partial charge in [-0.3, -0.25) is 0 Å². The van der Waals surface area contributed by atoms with Crippen LogP contribution in [-0.2, 0) is 0 Å². The highest BCUT2D eigenvalue weighted by molar-refractivity contribution is 5.61. The molecule has 0 saturated heterocycles. The highest BCUT2D eigenvalue weighted by Crippen LogP contribution is 2.27. The molecule has 7 nitrogen and oxygen atoms in total. The molecule has 0 aliphatic carbocycles. The van der Waals surface area contributed by atoms with E-state index in [-0.39, 0.29) is 11.9 Å². The highest BCUT2D eigenvalue weighted by atomic mass is 19.1. The average molecular weight is 418 g/mol. The Hall–Kier alpha value is -3.81. The first-order valence-electron chi connectivity index (χ1n) is 9.87. The van der Waals surface area contributed by atoms with Gasteiger partial charge in [-0.2, -0.15) is 0 Å². The second kappa shape index (κ2) is 8.51. The van der Waals surface area contributed by atoms with Gasteiger partial charge in [0.2, 0.25) is 5.88 Å². The molecule has 0 saturated carbocycles. The van der Waals surface area contributed by atoms with Crippen LogP contribution in [0.25, 0.3) is 17.1 Å². The standard InChI is InChI=1S/C23H23FN6O/c1-14-10-20(28-29-22(14)26-16(3)17-6-5-7-18(24)11-17)19-8-9-21(23(27-19)31-4)30-12-15(2)25-13-30/h5-13,16H,1-4H3,(H,26,29). The summed E-state index contributed by atoms with van der Waals surface area (Å²) in [4.78, 5) is 8.85. The molecule has 1 unspecified atom stereocenters. The highest BCUT2D eigenvalue weighted by Gasteiger charge is 2.14.